The molecule has 0 bridgehead atoms. The lowest BCUT2D eigenvalue weighted by Gasteiger charge is -2.05. The van der Waals surface area contributed by atoms with Gasteiger partial charge in [0.25, 0.3) is 0 Å². The number of rotatable bonds is 3. The smallest absolute Gasteiger partial charge is 0.0311 e. The molecule has 1 aliphatic rings. The zero-order valence-corrected chi connectivity index (χ0v) is 9.48. The first kappa shape index (κ1) is 10.0. The SMILES string of the molecule is CC(Cl)CCc1ccc2c(c1)CCC2. The van der Waals surface area contributed by atoms with E-state index in [2.05, 4.69) is 25.1 Å². The molecule has 76 valence electrons. The van der Waals surface area contributed by atoms with Gasteiger partial charge in [0.1, 0.15) is 0 Å². The van der Waals surface area contributed by atoms with Crippen LogP contribution in [0.2, 0.25) is 0 Å². The van der Waals surface area contributed by atoms with Crippen LogP contribution in [0.25, 0.3) is 0 Å². The first-order valence-electron chi connectivity index (χ1n) is 5.50. The molecule has 0 aromatic heterocycles. The normalized spacial score (nSPS) is 16.7. The molecule has 0 aliphatic heterocycles. The topological polar surface area (TPSA) is 0 Å². The second-order valence-electron chi connectivity index (χ2n) is 4.28. The molecule has 1 heteroatoms. The van der Waals surface area contributed by atoms with Gasteiger partial charge in [-0.3, -0.25) is 0 Å². The molecule has 0 heterocycles. The van der Waals surface area contributed by atoms with Crippen molar-refractivity contribution in [3.05, 3.63) is 34.9 Å². The zero-order chi connectivity index (χ0) is 9.97. The summed E-state index contributed by atoms with van der Waals surface area (Å²) in [5.41, 5.74) is 4.59. The summed E-state index contributed by atoms with van der Waals surface area (Å²) in [5, 5.41) is 0.295. The Morgan fingerprint density at radius 3 is 2.86 bits per heavy atom. The van der Waals surface area contributed by atoms with E-state index in [1.165, 1.54) is 24.8 Å². The van der Waals surface area contributed by atoms with Gasteiger partial charge in [0.2, 0.25) is 0 Å². The highest BCUT2D eigenvalue weighted by Gasteiger charge is 2.10. The predicted octanol–water partition coefficient (Wildman–Crippen LogP) is 3.74. The van der Waals surface area contributed by atoms with Crippen molar-refractivity contribution >= 4 is 11.6 Å². The molecule has 2 rings (SSSR count). The lowest BCUT2D eigenvalue weighted by Crippen LogP contribution is -1.95. The predicted molar refractivity (Wildman–Crippen MR) is 62.1 cm³/mol. The molecule has 0 amide bonds. The third kappa shape index (κ3) is 2.30. The molecule has 0 nitrogen and oxygen atoms in total. The summed E-state index contributed by atoms with van der Waals surface area (Å²) in [6.07, 6.45) is 6.10. The van der Waals surface area contributed by atoms with Gasteiger partial charge in [-0.1, -0.05) is 18.2 Å². The summed E-state index contributed by atoms with van der Waals surface area (Å²) in [6.45, 7) is 2.06. The Hall–Kier alpha value is -0.490. The molecule has 1 aromatic rings. The van der Waals surface area contributed by atoms with Gasteiger partial charge in [0, 0.05) is 5.38 Å². The van der Waals surface area contributed by atoms with Crippen LogP contribution in [-0.4, -0.2) is 5.38 Å². The third-order valence-corrected chi connectivity index (χ3v) is 3.21. The van der Waals surface area contributed by atoms with E-state index in [1.807, 2.05) is 0 Å². The summed E-state index contributed by atoms with van der Waals surface area (Å²) in [5.74, 6) is 0. The van der Waals surface area contributed by atoms with Gasteiger partial charge in [-0.15, -0.1) is 11.6 Å². The number of benzene rings is 1. The van der Waals surface area contributed by atoms with Crippen molar-refractivity contribution in [1.29, 1.82) is 0 Å². The van der Waals surface area contributed by atoms with Gasteiger partial charge in [0.15, 0.2) is 0 Å². The first-order chi connectivity index (χ1) is 6.75. The van der Waals surface area contributed by atoms with Gasteiger partial charge < -0.3 is 0 Å². The maximum atomic E-state index is 5.94. The van der Waals surface area contributed by atoms with Crippen molar-refractivity contribution in [2.45, 2.75) is 44.4 Å². The molecule has 0 saturated heterocycles. The second kappa shape index (κ2) is 4.35. The van der Waals surface area contributed by atoms with E-state index >= 15 is 0 Å². The van der Waals surface area contributed by atoms with Crippen molar-refractivity contribution in [2.75, 3.05) is 0 Å². The number of halogens is 1. The Labute approximate surface area is 91.3 Å². The van der Waals surface area contributed by atoms with E-state index in [4.69, 9.17) is 11.6 Å². The maximum absolute atomic E-state index is 5.94. The Bertz CT molecular complexity index is 315. The van der Waals surface area contributed by atoms with Crippen LogP contribution in [0.15, 0.2) is 18.2 Å². The molecule has 14 heavy (non-hydrogen) atoms. The van der Waals surface area contributed by atoms with Crippen LogP contribution in [0.4, 0.5) is 0 Å². The van der Waals surface area contributed by atoms with Crippen molar-refractivity contribution in [3.63, 3.8) is 0 Å². The fourth-order valence-corrected chi connectivity index (χ4v) is 2.26. The summed E-state index contributed by atoms with van der Waals surface area (Å²) in [7, 11) is 0. The van der Waals surface area contributed by atoms with Crippen LogP contribution in [0.5, 0.6) is 0 Å². The maximum Gasteiger partial charge on any atom is 0.0311 e. The van der Waals surface area contributed by atoms with Crippen molar-refractivity contribution in [3.8, 4) is 0 Å². The minimum atomic E-state index is 0.295. The molecule has 0 fully saturated rings. The highest BCUT2D eigenvalue weighted by molar-refractivity contribution is 6.20. The average molecular weight is 209 g/mol. The van der Waals surface area contributed by atoms with Gasteiger partial charge in [-0.05, 0) is 55.7 Å². The van der Waals surface area contributed by atoms with Gasteiger partial charge in [0.05, 0.1) is 0 Å². The monoisotopic (exact) mass is 208 g/mol. The number of fused-ring (bicyclic) bond motifs is 1. The summed E-state index contributed by atoms with van der Waals surface area (Å²) >= 11 is 5.94. The second-order valence-corrected chi connectivity index (χ2v) is 5.02. The van der Waals surface area contributed by atoms with E-state index < -0.39 is 0 Å². The number of hydrogen-bond acceptors (Lipinski definition) is 0. The van der Waals surface area contributed by atoms with E-state index in [-0.39, 0.29) is 0 Å². The zero-order valence-electron chi connectivity index (χ0n) is 8.72. The standard InChI is InChI=1S/C13H17Cl/c1-10(14)5-6-11-7-8-12-3-2-4-13(12)9-11/h7-10H,2-6H2,1H3. The molecular weight excluding hydrogens is 192 g/mol. The van der Waals surface area contributed by atoms with E-state index in [0.29, 0.717) is 5.38 Å². The summed E-state index contributed by atoms with van der Waals surface area (Å²) in [4.78, 5) is 0. The number of hydrogen-bond donors (Lipinski definition) is 0. The minimum Gasteiger partial charge on any atom is -0.123 e. The Balaban J connectivity index is 2.05. The molecule has 0 spiro atoms. The quantitative estimate of drug-likeness (QED) is 0.664. The lowest BCUT2D eigenvalue weighted by atomic mass is 10.0. The molecule has 1 aliphatic carbocycles. The van der Waals surface area contributed by atoms with E-state index in [0.717, 1.165) is 12.8 Å². The third-order valence-electron chi connectivity index (χ3n) is 2.99. The first-order valence-corrected chi connectivity index (χ1v) is 5.94. The van der Waals surface area contributed by atoms with Gasteiger partial charge >= 0.3 is 0 Å². The van der Waals surface area contributed by atoms with Crippen molar-refractivity contribution in [1.82, 2.24) is 0 Å². The number of aryl methyl sites for hydroxylation is 3. The molecular formula is C13H17Cl. The summed E-state index contributed by atoms with van der Waals surface area (Å²) < 4.78 is 0. The van der Waals surface area contributed by atoms with Crippen LogP contribution >= 0.6 is 11.6 Å². The highest BCUT2D eigenvalue weighted by atomic mass is 35.5. The van der Waals surface area contributed by atoms with E-state index in [9.17, 15) is 0 Å². The minimum absolute atomic E-state index is 0.295. The largest absolute Gasteiger partial charge is 0.123 e. The lowest BCUT2D eigenvalue weighted by molar-refractivity contribution is 0.802. The Morgan fingerprint density at radius 2 is 2.07 bits per heavy atom. The van der Waals surface area contributed by atoms with Crippen LogP contribution in [0.3, 0.4) is 0 Å². The van der Waals surface area contributed by atoms with E-state index in [1.54, 1.807) is 11.1 Å². The van der Waals surface area contributed by atoms with Crippen LogP contribution < -0.4 is 0 Å². The molecule has 1 atom stereocenters. The van der Waals surface area contributed by atoms with Crippen LogP contribution in [0.1, 0.15) is 36.5 Å². The van der Waals surface area contributed by atoms with Crippen molar-refractivity contribution < 1.29 is 0 Å². The molecule has 1 unspecified atom stereocenters. The average Bonchev–Trinajstić information content (AvgIpc) is 2.61. The Morgan fingerprint density at radius 1 is 1.29 bits per heavy atom. The highest BCUT2D eigenvalue weighted by Crippen LogP contribution is 2.23. The molecule has 0 N–H and O–H groups in total. The number of alkyl halides is 1. The fraction of sp³-hybridized carbons (Fsp3) is 0.538. The Kier molecular flexibility index (Phi) is 3.12. The van der Waals surface area contributed by atoms with Gasteiger partial charge in [-0.2, -0.15) is 0 Å². The van der Waals surface area contributed by atoms with Crippen LogP contribution in [0, 0.1) is 0 Å². The fourth-order valence-electron chi connectivity index (χ4n) is 2.15. The van der Waals surface area contributed by atoms with Crippen LogP contribution in [-0.2, 0) is 19.3 Å². The van der Waals surface area contributed by atoms with Gasteiger partial charge in [-0.25, -0.2) is 0 Å². The summed E-state index contributed by atoms with van der Waals surface area (Å²) in [6, 6.07) is 6.95. The molecule has 0 radical (unpaired) electrons. The molecule has 0 saturated carbocycles. The van der Waals surface area contributed by atoms with Crippen molar-refractivity contribution in [2.24, 2.45) is 0 Å². The molecule has 1 aromatic carbocycles.